The molecule has 5 heteroatoms. The van der Waals surface area contributed by atoms with Gasteiger partial charge in [0.25, 0.3) is 5.19 Å². The highest BCUT2D eigenvalue weighted by molar-refractivity contribution is 7.13. The van der Waals surface area contributed by atoms with Crippen LogP contribution in [-0.2, 0) is 6.61 Å². The molecule has 16 heavy (non-hydrogen) atoms. The van der Waals surface area contributed by atoms with Gasteiger partial charge in [-0.05, 0) is 19.8 Å². The summed E-state index contributed by atoms with van der Waals surface area (Å²) < 4.78 is 5.61. The summed E-state index contributed by atoms with van der Waals surface area (Å²) in [5.41, 5.74) is 0. The van der Waals surface area contributed by atoms with Gasteiger partial charge < -0.3 is 9.84 Å². The Morgan fingerprint density at radius 3 is 2.75 bits per heavy atom. The van der Waals surface area contributed by atoms with Gasteiger partial charge in [0.2, 0.25) is 0 Å². The number of aliphatic hydroxyl groups is 1. The minimum Gasteiger partial charge on any atom is -0.466 e. The third-order valence-corrected chi connectivity index (χ3v) is 3.15. The van der Waals surface area contributed by atoms with Crippen molar-refractivity contribution in [1.82, 2.24) is 10.2 Å². The number of aromatic nitrogens is 2. The first-order chi connectivity index (χ1) is 7.76. The van der Waals surface area contributed by atoms with Gasteiger partial charge in [0, 0.05) is 0 Å². The van der Waals surface area contributed by atoms with Crippen LogP contribution in [0.15, 0.2) is 0 Å². The van der Waals surface area contributed by atoms with Gasteiger partial charge in [0.05, 0.1) is 12.7 Å². The van der Waals surface area contributed by atoms with E-state index in [0.717, 1.165) is 6.42 Å². The molecule has 0 amide bonds. The van der Waals surface area contributed by atoms with Gasteiger partial charge in [-0.25, -0.2) is 0 Å². The van der Waals surface area contributed by atoms with Crippen molar-refractivity contribution >= 4 is 11.3 Å². The normalized spacial score (nSPS) is 12.7. The van der Waals surface area contributed by atoms with Crippen molar-refractivity contribution in [3.8, 4) is 5.19 Å². The first kappa shape index (κ1) is 13.4. The number of aliphatic hydroxyl groups excluding tert-OH is 1. The maximum atomic E-state index is 8.84. The fourth-order valence-electron chi connectivity index (χ4n) is 1.44. The lowest BCUT2D eigenvalue weighted by molar-refractivity contribution is 0.204. The highest BCUT2D eigenvalue weighted by Gasteiger charge is 2.08. The smallest absolute Gasteiger partial charge is 0.294 e. The topological polar surface area (TPSA) is 55.2 Å². The molecule has 0 spiro atoms. The number of hydrogen-bond acceptors (Lipinski definition) is 5. The molecule has 1 unspecified atom stereocenters. The van der Waals surface area contributed by atoms with E-state index in [0.29, 0.717) is 10.2 Å². The SMILES string of the molecule is CCCCCCC(C)Oc1nnc(CO)s1. The van der Waals surface area contributed by atoms with Crippen molar-refractivity contribution < 1.29 is 9.84 Å². The van der Waals surface area contributed by atoms with Crippen LogP contribution in [0.1, 0.15) is 51.0 Å². The van der Waals surface area contributed by atoms with Crippen LogP contribution in [0.4, 0.5) is 0 Å². The Morgan fingerprint density at radius 2 is 2.12 bits per heavy atom. The lowest BCUT2D eigenvalue weighted by Crippen LogP contribution is -2.11. The predicted octanol–water partition coefficient (Wildman–Crippen LogP) is 2.77. The highest BCUT2D eigenvalue weighted by Crippen LogP contribution is 2.20. The summed E-state index contributed by atoms with van der Waals surface area (Å²) >= 11 is 1.31. The van der Waals surface area contributed by atoms with Gasteiger partial charge in [-0.3, -0.25) is 0 Å². The minimum absolute atomic E-state index is 0.0636. The van der Waals surface area contributed by atoms with Gasteiger partial charge >= 0.3 is 0 Å². The van der Waals surface area contributed by atoms with Crippen molar-refractivity contribution in [1.29, 1.82) is 0 Å². The van der Waals surface area contributed by atoms with Crippen LogP contribution in [0, 0.1) is 0 Å². The van der Waals surface area contributed by atoms with Crippen molar-refractivity contribution in [2.75, 3.05) is 0 Å². The molecule has 0 saturated carbocycles. The predicted molar refractivity (Wildman–Crippen MR) is 64.7 cm³/mol. The molecule has 0 bridgehead atoms. The molecule has 1 N–H and O–H groups in total. The van der Waals surface area contributed by atoms with E-state index in [-0.39, 0.29) is 12.7 Å². The van der Waals surface area contributed by atoms with Crippen molar-refractivity contribution in [2.24, 2.45) is 0 Å². The fourth-order valence-corrected chi connectivity index (χ4v) is 2.08. The number of unbranched alkanes of at least 4 members (excludes halogenated alkanes) is 3. The molecule has 1 aromatic heterocycles. The van der Waals surface area contributed by atoms with E-state index in [4.69, 9.17) is 9.84 Å². The maximum Gasteiger partial charge on any atom is 0.294 e. The largest absolute Gasteiger partial charge is 0.466 e. The van der Waals surface area contributed by atoms with Crippen LogP contribution >= 0.6 is 11.3 Å². The lowest BCUT2D eigenvalue weighted by atomic mass is 10.1. The molecular formula is C11H20N2O2S. The minimum atomic E-state index is -0.0636. The maximum absolute atomic E-state index is 8.84. The molecule has 1 rings (SSSR count). The monoisotopic (exact) mass is 244 g/mol. The summed E-state index contributed by atoms with van der Waals surface area (Å²) in [7, 11) is 0. The van der Waals surface area contributed by atoms with Crippen molar-refractivity contribution in [3.05, 3.63) is 5.01 Å². The van der Waals surface area contributed by atoms with Gasteiger partial charge in [-0.15, -0.1) is 5.10 Å². The number of ether oxygens (including phenoxy) is 1. The van der Waals surface area contributed by atoms with E-state index < -0.39 is 0 Å². The first-order valence-corrected chi connectivity index (χ1v) is 6.67. The van der Waals surface area contributed by atoms with Crippen LogP contribution in [0.2, 0.25) is 0 Å². The Bertz CT molecular complexity index is 291. The molecule has 0 fully saturated rings. The van der Waals surface area contributed by atoms with E-state index in [1.54, 1.807) is 0 Å². The number of hydrogen-bond donors (Lipinski definition) is 1. The second-order valence-electron chi connectivity index (χ2n) is 3.90. The average molecular weight is 244 g/mol. The van der Waals surface area contributed by atoms with Gasteiger partial charge in [0.15, 0.2) is 0 Å². The molecule has 1 atom stereocenters. The average Bonchev–Trinajstić information content (AvgIpc) is 2.72. The third kappa shape index (κ3) is 4.90. The van der Waals surface area contributed by atoms with Crippen LogP contribution in [0.25, 0.3) is 0 Å². The van der Waals surface area contributed by atoms with E-state index in [1.807, 2.05) is 6.92 Å². The number of rotatable bonds is 8. The van der Waals surface area contributed by atoms with E-state index in [1.165, 1.54) is 37.0 Å². The lowest BCUT2D eigenvalue weighted by Gasteiger charge is -2.10. The Hall–Kier alpha value is -0.680. The Labute approximate surface area is 101 Å². The summed E-state index contributed by atoms with van der Waals surface area (Å²) in [5, 5.41) is 17.7. The van der Waals surface area contributed by atoms with Crippen LogP contribution < -0.4 is 4.74 Å². The fraction of sp³-hybridized carbons (Fsp3) is 0.818. The third-order valence-electron chi connectivity index (χ3n) is 2.35. The zero-order chi connectivity index (χ0) is 11.8. The molecule has 0 saturated heterocycles. The second-order valence-corrected chi connectivity index (χ2v) is 4.92. The quantitative estimate of drug-likeness (QED) is 0.714. The molecule has 0 radical (unpaired) electrons. The number of nitrogens with zero attached hydrogens (tertiary/aromatic N) is 2. The van der Waals surface area contributed by atoms with Gasteiger partial charge in [-0.1, -0.05) is 42.6 Å². The first-order valence-electron chi connectivity index (χ1n) is 5.86. The molecular weight excluding hydrogens is 224 g/mol. The summed E-state index contributed by atoms with van der Waals surface area (Å²) in [6.45, 7) is 4.19. The zero-order valence-corrected chi connectivity index (χ0v) is 10.8. The summed E-state index contributed by atoms with van der Waals surface area (Å²) in [5.74, 6) is 0. The standard InChI is InChI=1S/C11H20N2O2S/c1-3-4-5-6-7-9(2)15-11-13-12-10(8-14)16-11/h9,14H,3-8H2,1-2H3. The second kappa shape index (κ2) is 7.57. The molecule has 0 aliphatic rings. The molecule has 1 heterocycles. The molecule has 0 aliphatic heterocycles. The Balaban J connectivity index is 2.20. The molecule has 1 aromatic rings. The van der Waals surface area contributed by atoms with Crippen molar-refractivity contribution in [3.63, 3.8) is 0 Å². The summed E-state index contributed by atoms with van der Waals surface area (Å²) in [6.07, 6.45) is 6.24. The van der Waals surface area contributed by atoms with E-state index >= 15 is 0 Å². The highest BCUT2D eigenvalue weighted by atomic mass is 32.1. The Morgan fingerprint density at radius 1 is 1.31 bits per heavy atom. The van der Waals surface area contributed by atoms with Crippen LogP contribution in [0.5, 0.6) is 5.19 Å². The van der Waals surface area contributed by atoms with Crippen molar-refractivity contribution in [2.45, 2.75) is 58.7 Å². The van der Waals surface area contributed by atoms with Crippen LogP contribution in [-0.4, -0.2) is 21.4 Å². The molecule has 0 aliphatic carbocycles. The molecule has 4 nitrogen and oxygen atoms in total. The summed E-state index contributed by atoms with van der Waals surface area (Å²) in [6, 6.07) is 0. The van der Waals surface area contributed by atoms with Gasteiger partial charge in [-0.2, -0.15) is 0 Å². The zero-order valence-electron chi connectivity index (χ0n) is 9.98. The van der Waals surface area contributed by atoms with Crippen LogP contribution in [0.3, 0.4) is 0 Å². The van der Waals surface area contributed by atoms with E-state index in [9.17, 15) is 0 Å². The van der Waals surface area contributed by atoms with Gasteiger partial charge in [0.1, 0.15) is 5.01 Å². The summed E-state index contributed by atoms with van der Waals surface area (Å²) in [4.78, 5) is 0. The molecule has 0 aromatic carbocycles. The van der Waals surface area contributed by atoms with E-state index in [2.05, 4.69) is 17.1 Å². The Kier molecular flexibility index (Phi) is 6.33. The molecule has 92 valence electrons.